The van der Waals surface area contributed by atoms with Gasteiger partial charge in [-0.2, -0.15) is 0 Å². The minimum atomic E-state index is -1.16. The Balaban J connectivity index is 1.27. The van der Waals surface area contributed by atoms with Gasteiger partial charge in [0.15, 0.2) is 0 Å². The van der Waals surface area contributed by atoms with Crippen LogP contribution in [-0.4, -0.2) is 77.0 Å². The van der Waals surface area contributed by atoms with Crippen molar-refractivity contribution in [2.24, 2.45) is 11.8 Å². The predicted molar refractivity (Wildman–Crippen MR) is 159 cm³/mol. The van der Waals surface area contributed by atoms with Gasteiger partial charge in [0.25, 0.3) is 0 Å². The lowest BCUT2D eigenvalue weighted by atomic mass is 9.74. The maximum absolute atomic E-state index is 14.3. The van der Waals surface area contributed by atoms with E-state index in [1.54, 1.807) is 23.1 Å². The maximum Gasteiger partial charge on any atom is 0.246 e. The largest absolute Gasteiger partial charge is 0.359 e. The van der Waals surface area contributed by atoms with Crippen molar-refractivity contribution in [1.82, 2.24) is 15.1 Å². The number of likely N-dealkylation sites (tertiary alicyclic amines) is 2. The Morgan fingerprint density at radius 2 is 1.80 bits per heavy atom. The zero-order valence-electron chi connectivity index (χ0n) is 23.6. The van der Waals surface area contributed by atoms with Gasteiger partial charge in [0.2, 0.25) is 17.7 Å². The van der Waals surface area contributed by atoms with Crippen LogP contribution in [-0.2, 0) is 19.1 Å². The summed E-state index contributed by atoms with van der Waals surface area (Å²) in [4.78, 5) is 46.2. The first kappa shape index (κ1) is 29.0. The molecule has 1 aliphatic carbocycles. The summed E-state index contributed by atoms with van der Waals surface area (Å²) in [6.45, 7) is 4.34. The molecular formula is C31H40Cl2N4O4. The van der Waals surface area contributed by atoms with Crippen LogP contribution in [0.1, 0.15) is 64.7 Å². The minimum absolute atomic E-state index is 0.103. The number of hydrogen-bond donors (Lipinski definition) is 2. The normalized spacial score (nSPS) is 33.3. The number of nitrogens with zero attached hydrogens (tertiary/aromatic N) is 2. The van der Waals surface area contributed by atoms with E-state index in [0.29, 0.717) is 34.9 Å². The summed E-state index contributed by atoms with van der Waals surface area (Å²) in [5, 5.41) is 6.90. The van der Waals surface area contributed by atoms with E-state index in [4.69, 9.17) is 27.9 Å². The number of amides is 3. The first-order valence-electron chi connectivity index (χ1n) is 15.3. The summed E-state index contributed by atoms with van der Waals surface area (Å²) in [7, 11) is 0. The molecule has 1 aromatic carbocycles. The van der Waals surface area contributed by atoms with Gasteiger partial charge >= 0.3 is 0 Å². The number of fused-ring (bicyclic) bond motifs is 1. The number of nitrogens with one attached hydrogen (secondary N) is 2. The summed E-state index contributed by atoms with van der Waals surface area (Å²) in [6.07, 6.45) is 13.0. The van der Waals surface area contributed by atoms with Crippen molar-refractivity contribution in [2.75, 3.05) is 25.0 Å². The van der Waals surface area contributed by atoms with E-state index in [-0.39, 0.29) is 23.8 Å². The third-order valence-corrected chi connectivity index (χ3v) is 10.7. The van der Waals surface area contributed by atoms with E-state index in [0.717, 1.165) is 51.5 Å². The number of ether oxygens (including phenoxy) is 1. The molecule has 2 bridgehead atoms. The van der Waals surface area contributed by atoms with E-state index >= 15 is 0 Å². The lowest BCUT2D eigenvalue weighted by Gasteiger charge is -2.38. The Morgan fingerprint density at radius 3 is 2.56 bits per heavy atom. The molecule has 3 amide bonds. The topological polar surface area (TPSA) is 91.0 Å². The van der Waals surface area contributed by atoms with Gasteiger partial charge in [-0.1, -0.05) is 68.0 Å². The Hall–Kier alpha value is -2.13. The fraction of sp³-hybridized carbons (Fsp3) is 0.645. The van der Waals surface area contributed by atoms with Crippen molar-refractivity contribution in [3.8, 4) is 0 Å². The summed E-state index contributed by atoms with van der Waals surface area (Å²) in [5.74, 6) is -2.20. The molecule has 4 heterocycles. The Labute approximate surface area is 252 Å². The van der Waals surface area contributed by atoms with Crippen LogP contribution in [0.3, 0.4) is 0 Å². The molecule has 1 spiro atoms. The van der Waals surface area contributed by atoms with Crippen molar-refractivity contribution in [3.05, 3.63) is 40.4 Å². The molecule has 4 aliphatic heterocycles. The van der Waals surface area contributed by atoms with Gasteiger partial charge in [-0.25, -0.2) is 0 Å². The second-order valence-corrected chi connectivity index (χ2v) is 13.1. The highest BCUT2D eigenvalue weighted by molar-refractivity contribution is 6.42. The second-order valence-electron chi connectivity index (χ2n) is 12.3. The monoisotopic (exact) mass is 602 g/mol. The lowest BCUT2D eigenvalue weighted by molar-refractivity contribution is -0.141. The van der Waals surface area contributed by atoms with E-state index in [9.17, 15) is 14.4 Å². The van der Waals surface area contributed by atoms with Crippen LogP contribution in [0.2, 0.25) is 10.0 Å². The quantitative estimate of drug-likeness (QED) is 0.417. The summed E-state index contributed by atoms with van der Waals surface area (Å²) in [5.41, 5.74) is -0.665. The number of carbonyl (C=O) groups excluding carboxylic acids is 3. The number of carbonyl (C=O) groups is 3. The van der Waals surface area contributed by atoms with E-state index in [1.807, 2.05) is 12.2 Å². The van der Waals surface area contributed by atoms with Crippen LogP contribution in [0.25, 0.3) is 0 Å². The Morgan fingerprint density at radius 1 is 1.02 bits per heavy atom. The molecule has 0 radical (unpaired) electrons. The van der Waals surface area contributed by atoms with E-state index < -0.39 is 29.6 Å². The average molecular weight is 604 g/mol. The van der Waals surface area contributed by atoms with E-state index in [2.05, 4.69) is 22.5 Å². The highest BCUT2D eigenvalue weighted by atomic mass is 35.5. The molecule has 3 saturated heterocycles. The molecule has 1 aromatic rings. The molecule has 1 saturated carbocycles. The lowest BCUT2D eigenvalue weighted by Crippen LogP contribution is -2.57. The number of piperidine rings is 1. The molecule has 5 aliphatic rings. The van der Waals surface area contributed by atoms with Crippen LogP contribution >= 0.6 is 23.2 Å². The zero-order chi connectivity index (χ0) is 28.7. The SMILES string of the molecule is CC[C@@H]1CCCCN1CCN1C(=O)[C@@H]2[C@H](C(=O)Nc3ccc(Cl)c(Cl)c3)[C@@H]3C=C[C@@]2(O3)[C@@H]1C(=O)NC1CCCCC1. The highest BCUT2D eigenvalue weighted by Gasteiger charge is 2.72. The van der Waals surface area contributed by atoms with Crippen molar-refractivity contribution in [2.45, 2.75) is 94.5 Å². The molecule has 222 valence electrons. The van der Waals surface area contributed by atoms with E-state index in [1.165, 1.54) is 12.8 Å². The molecule has 41 heavy (non-hydrogen) atoms. The number of benzene rings is 1. The van der Waals surface area contributed by atoms with Crippen LogP contribution < -0.4 is 10.6 Å². The fourth-order valence-electron chi connectivity index (χ4n) is 7.89. The molecule has 4 fully saturated rings. The molecule has 10 heteroatoms. The van der Waals surface area contributed by atoms with Crippen LogP contribution in [0.4, 0.5) is 5.69 Å². The molecule has 2 N–H and O–H groups in total. The summed E-state index contributed by atoms with van der Waals surface area (Å²) in [6, 6.07) is 4.68. The molecule has 6 atom stereocenters. The second kappa shape index (κ2) is 11.9. The number of halogens is 2. The minimum Gasteiger partial charge on any atom is -0.359 e. The third kappa shape index (κ3) is 5.30. The average Bonchev–Trinajstić information content (AvgIpc) is 3.61. The van der Waals surface area contributed by atoms with Gasteiger partial charge in [-0.05, 0) is 56.8 Å². The van der Waals surface area contributed by atoms with Crippen molar-refractivity contribution >= 4 is 46.6 Å². The van der Waals surface area contributed by atoms with Crippen LogP contribution in [0, 0.1) is 11.8 Å². The van der Waals surface area contributed by atoms with Crippen molar-refractivity contribution in [1.29, 1.82) is 0 Å². The number of rotatable bonds is 8. The van der Waals surface area contributed by atoms with Crippen LogP contribution in [0.5, 0.6) is 0 Å². The van der Waals surface area contributed by atoms with Crippen molar-refractivity contribution in [3.63, 3.8) is 0 Å². The van der Waals surface area contributed by atoms with Gasteiger partial charge in [-0.15, -0.1) is 0 Å². The molecule has 0 aromatic heterocycles. The molecule has 8 nitrogen and oxygen atoms in total. The zero-order valence-corrected chi connectivity index (χ0v) is 25.1. The van der Waals surface area contributed by atoms with Crippen molar-refractivity contribution < 1.29 is 19.1 Å². The maximum atomic E-state index is 14.3. The molecule has 6 rings (SSSR count). The predicted octanol–water partition coefficient (Wildman–Crippen LogP) is 4.80. The van der Waals surface area contributed by atoms with Gasteiger partial charge in [0.05, 0.1) is 28.0 Å². The fourth-order valence-corrected chi connectivity index (χ4v) is 8.19. The van der Waals surface area contributed by atoms with Gasteiger partial charge in [0.1, 0.15) is 11.6 Å². The summed E-state index contributed by atoms with van der Waals surface area (Å²) >= 11 is 12.2. The van der Waals surface area contributed by atoms with Gasteiger partial charge in [0, 0.05) is 30.9 Å². The number of hydrogen-bond acceptors (Lipinski definition) is 5. The highest BCUT2D eigenvalue weighted by Crippen LogP contribution is 2.55. The first-order chi connectivity index (χ1) is 19.8. The first-order valence-corrected chi connectivity index (χ1v) is 16.1. The molecule has 0 unspecified atom stereocenters. The Bertz CT molecular complexity index is 1220. The van der Waals surface area contributed by atoms with Gasteiger partial charge in [-0.3, -0.25) is 19.3 Å². The summed E-state index contributed by atoms with van der Waals surface area (Å²) < 4.78 is 6.50. The van der Waals surface area contributed by atoms with Gasteiger partial charge < -0.3 is 20.3 Å². The Kier molecular flexibility index (Phi) is 8.38. The smallest absolute Gasteiger partial charge is 0.246 e. The standard InChI is InChI=1S/C31H40Cl2N4O4/c1-2-21-10-6-7-15-36(21)16-17-37-27(29(39)34-19-8-4-3-5-9-19)31-14-13-24(41-31)25(26(31)30(37)40)28(38)35-20-11-12-22(32)23(33)18-20/h11-14,18-19,21,24-27H,2-10,15-17H2,1H3,(H,34,39)(H,35,38)/t21-,24+,25-,26+,27+,31+/m1/s1. The third-order valence-electron chi connectivity index (χ3n) is 9.91. The number of anilines is 1. The van der Waals surface area contributed by atoms with Crippen LogP contribution in [0.15, 0.2) is 30.4 Å². The molecular weight excluding hydrogens is 563 g/mol.